The summed E-state index contributed by atoms with van der Waals surface area (Å²) in [4.78, 5) is 12.6. The molecule has 0 radical (unpaired) electrons. The third-order valence-electron chi connectivity index (χ3n) is 6.04. The first-order valence-electron chi connectivity index (χ1n) is 12.0. The first-order valence-corrected chi connectivity index (χ1v) is 12.0. The van der Waals surface area contributed by atoms with Crippen LogP contribution in [0.25, 0.3) is 0 Å². The molecule has 0 spiro atoms. The van der Waals surface area contributed by atoms with Crippen LogP contribution >= 0.6 is 0 Å². The summed E-state index contributed by atoms with van der Waals surface area (Å²) in [7, 11) is 0. The molecule has 30 heavy (non-hydrogen) atoms. The fraction of sp³-hybridized carbons (Fsp3) is 0.731. The van der Waals surface area contributed by atoms with Crippen LogP contribution in [0.5, 0.6) is 0 Å². The minimum atomic E-state index is -0.237. The van der Waals surface area contributed by atoms with E-state index in [-0.39, 0.29) is 42.7 Å². The van der Waals surface area contributed by atoms with E-state index in [1.165, 1.54) is 12.0 Å². The lowest BCUT2D eigenvalue weighted by Crippen LogP contribution is -2.37. The number of fused-ring (bicyclic) bond motifs is 4. The summed E-state index contributed by atoms with van der Waals surface area (Å²) in [5, 5.41) is 0. The van der Waals surface area contributed by atoms with Gasteiger partial charge in [-0.1, -0.05) is 51.2 Å². The number of allylic oxidation sites excluding steroid dienone is 2. The van der Waals surface area contributed by atoms with Crippen molar-refractivity contribution in [1.29, 1.82) is 0 Å². The van der Waals surface area contributed by atoms with Crippen molar-refractivity contribution >= 4 is 5.97 Å². The Hall–Kier alpha value is -1.39. The van der Waals surface area contributed by atoms with Crippen molar-refractivity contribution in [3.05, 3.63) is 36.5 Å². The molecule has 0 aromatic rings. The van der Waals surface area contributed by atoms with E-state index < -0.39 is 0 Å². The van der Waals surface area contributed by atoms with E-state index in [1.807, 2.05) is 32.9 Å². The average Bonchev–Trinajstić information content (AvgIpc) is 2.71. The van der Waals surface area contributed by atoms with Gasteiger partial charge in [-0.15, -0.1) is 0 Å². The molecule has 6 unspecified atom stereocenters. The first-order chi connectivity index (χ1) is 14.5. The molecule has 0 amide bonds. The van der Waals surface area contributed by atoms with Gasteiger partial charge in [-0.25, -0.2) is 0 Å². The maximum Gasteiger partial charge on any atom is 0.309 e. The van der Waals surface area contributed by atoms with Crippen molar-refractivity contribution in [2.45, 2.75) is 116 Å². The van der Waals surface area contributed by atoms with Gasteiger partial charge in [0.2, 0.25) is 0 Å². The molecule has 4 nitrogen and oxygen atoms in total. The van der Waals surface area contributed by atoms with Crippen LogP contribution in [0.3, 0.4) is 0 Å². The van der Waals surface area contributed by atoms with Crippen molar-refractivity contribution in [3.63, 3.8) is 0 Å². The van der Waals surface area contributed by atoms with Gasteiger partial charge >= 0.3 is 5.97 Å². The van der Waals surface area contributed by atoms with Crippen LogP contribution in [0.15, 0.2) is 36.5 Å². The summed E-state index contributed by atoms with van der Waals surface area (Å²) in [6, 6.07) is 0. The van der Waals surface area contributed by atoms with Crippen molar-refractivity contribution < 1.29 is 19.0 Å². The minimum Gasteiger partial charge on any atom is -0.457 e. The Bertz CT molecular complexity index is 594. The lowest BCUT2D eigenvalue weighted by atomic mass is 9.91. The van der Waals surface area contributed by atoms with Crippen molar-refractivity contribution in [1.82, 2.24) is 0 Å². The summed E-state index contributed by atoms with van der Waals surface area (Å²) in [6.07, 6.45) is 17.0. The van der Waals surface area contributed by atoms with Crippen LogP contribution in [0.1, 0.15) is 85.5 Å². The number of ether oxygens (including phenoxy) is 3. The normalized spacial score (nSPS) is 37.1. The Morgan fingerprint density at radius 3 is 2.47 bits per heavy atom. The van der Waals surface area contributed by atoms with Gasteiger partial charge in [-0.2, -0.15) is 0 Å². The van der Waals surface area contributed by atoms with E-state index in [1.54, 1.807) is 0 Å². The van der Waals surface area contributed by atoms with Gasteiger partial charge in [0.1, 0.15) is 6.10 Å². The smallest absolute Gasteiger partial charge is 0.309 e. The van der Waals surface area contributed by atoms with Crippen molar-refractivity contribution in [2.75, 3.05) is 0 Å². The number of hydrogen-bond acceptors (Lipinski definition) is 4. The Morgan fingerprint density at radius 2 is 1.70 bits per heavy atom. The zero-order valence-corrected chi connectivity index (χ0v) is 19.5. The molecule has 2 saturated heterocycles. The van der Waals surface area contributed by atoms with E-state index in [2.05, 4.69) is 25.7 Å². The van der Waals surface area contributed by atoms with Crippen molar-refractivity contribution in [2.24, 2.45) is 5.92 Å². The van der Waals surface area contributed by atoms with Gasteiger partial charge in [0.15, 0.2) is 0 Å². The second-order valence-electron chi connectivity index (χ2n) is 8.63. The monoisotopic (exact) mass is 418 g/mol. The largest absolute Gasteiger partial charge is 0.457 e. The Balaban J connectivity index is 0.00000155. The molecule has 3 aliphatic heterocycles. The fourth-order valence-corrected chi connectivity index (χ4v) is 4.62. The number of hydrogen-bond donors (Lipinski definition) is 0. The van der Waals surface area contributed by atoms with E-state index in [0.29, 0.717) is 6.10 Å². The van der Waals surface area contributed by atoms with Gasteiger partial charge in [-0.3, -0.25) is 4.79 Å². The van der Waals surface area contributed by atoms with Crippen LogP contribution in [0.2, 0.25) is 0 Å². The SMILES string of the molecule is C=C1CC2CC(=O)OC(/C=C/C)C(C)/C=C/CCC3CCCC(CC(C1)O2)O3.CC. The highest BCUT2D eigenvalue weighted by molar-refractivity contribution is 5.70. The summed E-state index contributed by atoms with van der Waals surface area (Å²) in [5.41, 5.74) is 1.17. The molecule has 2 fully saturated rings. The number of carbonyl (C=O) groups excluding carboxylic acids is 1. The molecule has 0 saturated carbocycles. The quantitative estimate of drug-likeness (QED) is 0.370. The standard InChI is InChI=1S/C24H36O4.C2H6/c1-4-8-23-18(3)9-5-6-10-19-11-7-12-20(26-19)15-21-13-17(2)14-22(27-21)16-24(25)28-23;1-2/h4-5,8-9,18-23H,2,6-7,10-16H2,1,3H3;1-2H3/b8-4+,9-5+;. The summed E-state index contributed by atoms with van der Waals surface area (Å²) < 4.78 is 18.4. The molecule has 6 atom stereocenters. The molecule has 0 aliphatic carbocycles. The van der Waals surface area contributed by atoms with Crippen LogP contribution in [0.4, 0.5) is 0 Å². The average molecular weight is 419 g/mol. The van der Waals surface area contributed by atoms with Crippen LogP contribution in [0, 0.1) is 5.92 Å². The predicted molar refractivity (Wildman–Crippen MR) is 122 cm³/mol. The maximum absolute atomic E-state index is 12.6. The molecular weight excluding hydrogens is 376 g/mol. The molecule has 0 aromatic carbocycles. The van der Waals surface area contributed by atoms with E-state index in [9.17, 15) is 4.79 Å². The van der Waals surface area contributed by atoms with E-state index in [0.717, 1.165) is 44.9 Å². The zero-order valence-electron chi connectivity index (χ0n) is 19.5. The van der Waals surface area contributed by atoms with Gasteiger partial charge in [-0.05, 0) is 57.9 Å². The second-order valence-corrected chi connectivity index (χ2v) is 8.63. The highest BCUT2D eigenvalue weighted by Crippen LogP contribution is 2.32. The number of rotatable bonds is 1. The Kier molecular flexibility index (Phi) is 10.9. The van der Waals surface area contributed by atoms with Crippen LogP contribution in [-0.2, 0) is 19.0 Å². The van der Waals surface area contributed by atoms with Crippen LogP contribution < -0.4 is 0 Å². The molecule has 0 N–H and O–H groups in total. The molecule has 4 bridgehead atoms. The molecule has 3 aliphatic rings. The third-order valence-corrected chi connectivity index (χ3v) is 6.04. The second kappa shape index (κ2) is 13.1. The zero-order chi connectivity index (χ0) is 21.9. The maximum atomic E-state index is 12.6. The number of carbonyl (C=O) groups is 1. The Labute approximate surface area is 183 Å². The lowest BCUT2D eigenvalue weighted by molar-refractivity contribution is -0.154. The molecule has 3 rings (SSSR count). The highest BCUT2D eigenvalue weighted by Gasteiger charge is 2.32. The topological polar surface area (TPSA) is 44.8 Å². The molecular formula is C26H42O4. The van der Waals surface area contributed by atoms with Crippen LogP contribution in [-0.4, -0.2) is 36.5 Å². The summed E-state index contributed by atoms with van der Waals surface area (Å²) >= 11 is 0. The fourth-order valence-electron chi connectivity index (χ4n) is 4.62. The Morgan fingerprint density at radius 1 is 1.00 bits per heavy atom. The molecule has 170 valence electrons. The lowest BCUT2D eigenvalue weighted by Gasteiger charge is -2.36. The number of esters is 1. The highest BCUT2D eigenvalue weighted by atomic mass is 16.5. The van der Waals surface area contributed by atoms with Gasteiger partial charge in [0.25, 0.3) is 0 Å². The number of cyclic esters (lactones) is 1. The summed E-state index contributed by atoms with van der Waals surface area (Å²) in [5.74, 6) is -0.0501. The van der Waals surface area contributed by atoms with Gasteiger partial charge in [0.05, 0.1) is 30.8 Å². The summed E-state index contributed by atoms with van der Waals surface area (Å²) in [6.45, 7) is 12.2. The van der Waals surface area contributed by atoms with Gasteiger partial charge < -0.3 is 14.2 Å². The predicted octanol–water partition coefficient (Wildman–Crippen LogP) is 6.31. The minimum absolute atomic E-state index is 0.0980. The molecule has 4 heteroatoms. The molecule has 0 aromatic heterocycles. The molecule has 3 heterocycles. The first kappa shape index (κ1) is 24.9. The van der Waals surface area contributed by atoms with E-state index in [4.69, 9.17) is 14.2 Å². The van der Waals surface area contributed by atoms with Gasteiger partial charge in [0, 0.05) is 12.3 Å². The van der Waals surface area contributed by atoms with E-state index >= 15 is 0 Å². The van der Waals surface area contributed by atoms with Crippen molar-refractivity contribution in [3.8, 4) is 0 Å². The third kappa shape index (κ3) is 8.03.